The maximum Gasteiger partial charge on any atom is 0.134 e. The second-order valence-electron chi connectivity index (χ2n) is 5.84. The molecule has 2 heterocycles. The van der Waals surface area contributed by atoms with Gasteiger partial charge in [0, 0.05) is 32.7 Å². The smallest absolute Gasteiger partial charge is 0.134 e. The maximum atomic E-state index is 4.56. The monoisotopic (exact) mass is 261 g/mol. The summed E-state index contributed by atoms with van der Waals surface area (Å²) >= 11 is 0. The van der Waals surface area contributed by atoms with Gasteiger partial charge in [-0.05, 0) is 25.7 Å². The number of anilines is 2. The number of aryl methyl sites for hydroxylation is 1. The molecule has 5 nitrogen and oxygen atoms in total. The highest BCUT2D eigenvalue weighted by atomic mass is 15.2. The van der Waals surface area contributed by atoms with Gasteiger partial charge in [-0.3, -0.25) is 0 Å². The zero-order valence-corrected chi connectivity index (χ0v) is 11.8. The molecule has 19 heavy (non-hydrogen) atoms. The molecule has 1 aliphatic heterocycles. The lowest BCUT2D eigenvalue weighted by Crippen LogP contribution is -2.51. The van der Waals surface area contributed by atoms with Gasteiger partial charge in [0.15, 0.2) is 0 Å². The molecular weight excluding hydrogens is 238 g/mol. The molecule has 1 aliphatic carbocycles. The molecule has 0 radical (unpaired) electrons. The number of nitrogens with one attached hydrogen (secondary N) is 2. The van der Waals surface area contributed by atoms with Crippen molar-refractivity contribution in [3.63, 3.8) is 0 Å². The zero-order chi connectivity index (χ0) is 13.2. The number of hydrogen-bond donors (Lipinski definition) is 2. The van der Waals surface area contributed by atoms with Crippen LogP contribution in [0.4, 0.5) is 11.6 Å². The summed E-state index contributed by atoms with van der Waals surface area (Å²) < 4.78 is 0. The predicted molar refractivity (Wildman–Crippen MR) is 77.7 cm³/mol. The largest absolute Gasteiger partial charge is 0.365 e. The van der Waals surface area contributed by atoms with Crippen molar-refractivity contribution in [3.8, 4) is 0 Å². The van der Waals surface area contributed by atoms with Gasteiger partial charge >= 0.3 is 0 Å². The topological polar surface area (TPSA) is 53.1 Å². The first kappa shape index (κ1) is 12.7. The molecule has 0 amide bonds. The van der Waals surface area contributed by atoms with Gasteiger partial charge in [-0.1, -0.05) is 6.42 Å². The summed E-state index contributed by atoms with van der Waals surface area (Å²) in [4.78, 5) is 11.3. The minimum Gasteiger partial charge on any atom is -0.365 e. The average molecular weight is 261 g/mol. The van der Waals surface area contributed by atoms with Gasteiger partial charge in [0.25, 0.3) is 0 Å². The van der Waals surface area contributed by atoms with Crippen molar-refractivity contribution < 1.29 is 0 Å². The fourth-order valence-corrected chi connectivity index (χ4v) is 2.58. The zero-order valence-electron chi connectivity index (χ0n) is 11.8. The molecule has 5 heteroatoms. The minimum atomic E-state index is 0.513. The van der Waals surface area contributed by atoms with E-state index in [1.807, 2.05) is 6.92 Å². The van der Waals surface area contributed by atoms with Crippen molar-refractivity contribution in [1.82, 2.24) is 15.3 Å². The number of aromatic nitrogens is 2. The van der Waals surface area contributed by atoms with Crippen molar-refractivity contribution in [2.24, 2.45) is 5.92 Å². The number of rotatable bonds is 5. The van der Waals surface area contributed by atoms with Crippen LogP contribution in [0.1, 0.15) is 25.1 Å². The van der Waals surface area contributed by atoms with Crippen LogP contribution in [0.15, 0.2) is 6.07 Å². The van der Waals surface area contributed by atoms with Crippen LogP contribution in [0.2, 0.25) is 0 Å². The van der Waals surface area contributed by atoms with Crippen LogP contribution < -0.4 is 15.5 Å². The number of nitrogens with zero attached hydrogens (tertiary/aromatic N) is 3. The Morgan fingerprint density at radius 2 is 2.16 bits per heavy atom. The highest BCUT2D eigenvalue weighted by Gasteiger charge is 2.21. The third-order valence-corrected chi connectivity index (χ3v) is 4.11. The molecule has 1 aromatic rings. The summed E-state index contributed by atoms with van der Waals surface area (Å²) in [6.07, 6.45) is 4.13. The molecule has 1 saturated heterocycles. The van der Waals surface area contributed by atoms with E-state index in [4.69, 9.17) is 0 Å². The summed E-state index contributed by atoms with van der Waals surface area (Å²) in [5, 5.41) is 6.71. The van der Waals surface area contributed by atoms with E-state index in [2.05, 4.69) is 38.6 Å². The highest BCUT2D eigenvalue weighted by molar-refractivity contribution is 5.49. The Labute approximate surface area is 114 Å². The normalized spacial score (nSPS) is 19.7. The molecule has 0 unspecified atom stereocenters. The van der Waals surface area contributed by atoms with Crippen molar-refractivity contribution >= 4 is 11.6 Å². The molecule has 3 rings (SSSR count). The standard InChI is InChI=1S/C14H23N5/c1-10-16-13(18-12-7-15-8-12)6-14(17-10)19(2)9-11-4-3-5-11/h6,11-12,15H,3-5,7-9H2,1-2H3,(H,16,17,18). The van der Waals surface area contributed by atoms with Gasteiger partial charge in [-0.2, -0.15) is 0 Å². The summed E-state index contributed by atoms with van der Waals surface area (Å²) in [6, 6.07) is 2.59. The van der Waals surface area contributed by atoms with Gasteiger partial charge in [-0.15, -0.1) is 0 Å². The van der Waals surface area contributed by atoms with Crippen LogP contribution >= 0.6 is 0 Å². The van der Waals surface area contributed by atoms with E-state index in [0.717, 1.165) is 43.0 Å². The van der Waals surface area contributed by atoms with Gasteiger partial charge < -0.3 is 15.5 Å². The van der Waals surface area contributed by atoms with E-state index < -0.39 is 0 Å². The molecule has 2 fully saturated rings. The Hall–Kier alpha value is -1.36. The molecule has 1 saturated carbocycles. The molecule has 1 aromatic heterocycles. The third-order valence-electron chi connectivity index (χ3n) is 4.11. The maximum absolute atomic E-state index is 4.56. The summed E-state index contributed by atoms with van der Waals surface area (Å²) in [6.45, 7) is 5.12. The lowest BCUT2D eigenvalue weighted by molar-refractivity contribution is 0.321. The first-order valence-electron chi connectivity index (χ1n) is 7.25. The molecule has 0 spiro atoms. The summed E-state index contributed by atoms with van der Waals surface area (Å²) in [7, 11) is 2.13. The molecule has 104 valence electrons. The second kappa shape index (κ2) is 5.33. The first-order chi connectivity index (χ1) is 9.20. The van der Waals surface area contributed by atoms with Gasteiger partial charge in [-0.25, -0.2) is 9.97 Å². The fourth-order valence-electron chi connectivity index (χ4n) is 2.58. The van der Waals surface area contributed by atoms with E-state index in [9.17, 15) is 0 Å². The van der Waals surface area contributed by atoms with Crippen molar-refractivity contribution in [2.45, 2.75) is 32.2 Å². The Kier molecular flexibility index (Phi) is 3.55. The van der Waals surface area contributed by atoms with Crippen molar-refractivity contribution in [1.29, 1.82) is 0 Å². The Morgan fingerprint density at radius 1 is 1.37 bits per heavy atom. The quantitative estimate of drug-likeness (QED) is 0.839. The lowest BCUT2D eigenvalue weighted by atomic mass is 9.85. The number of hydrogen-bond acceptors (Lipinski definition) is 5. The van der Waals surface area contributed by atoms with E-state index in [1.54, 1.807) is 0 Å². The Bertz CT molecular complexity index is 439. The molecular formula is C14H23N5. The van der Waals surface area contributed by atoms with E-state index in [0.29, 0.717) is 6.04 Å². The molecule has 0 bridgehead atoms. The SMILES string of the molecule is Cc1nc(NC2CNC2)cc(N(C)CC2CCC2)n1. The van der Waals surface area contributed by atoms with Gasteiger partial charge in [0.2, 0.25) is 0 Å². The highest BCUT2D eigenvalue weighted by Crippen LogP contribution is 2.28. The van der Waals surface area contributed by atoms with Crippen LogP contribution in [0.5, 0.6) is 0 Å². The van der Waals surface area contributed by atoms with Crippen LogP contribution in [0, 0.1) is 12.8 Å². The third kappa shape index (κ3) is 2.97. The van der Waals surface area contributed by atoms with Crippen molar-refractivity contribution in [3.05, 3.63) is 11.9 Å². The van der Waals surface area contributed by atoms with Crippen LogP contribution in [-0.2, 0) is 0 Å². The van der Waals surface area contributed by atoms with Gasteiger partial charge in [0.05, 0.1) is 6.04 Å². The molecule has 2 N–H and O–H groups in total. The van der Waals surface area contributed by atoms with Crippen LogP contribution in [0.3, 0.4) is 0 Å². The van der Waals surface area contributed by atoms with Crippen LogP contribution in [0.25, 0.3) is 0 Å². The van der Waals surface area contributed by atoms with E-state index >= 15 is 0 Å². The van der Waals surface area contributed by atoms with E-state index in [-0.39, 0.29) is 0 Å². The van der Waals surface area contributed by atoms with E-state index in [1.165, 1.54) is 19.3 Å². The molecule has 0 aromatic carbocycles. The predicted octanol–water partition coefficient (Wildman–Crippen LogP) is 1.41. The van der Waals surface area contributed by atoms with Crippen LogP contribution in [-0.4, -0.2) is 42.7 Å². The second-order valence-corrected chi connectivity index (χ2v) is 5.84. The minimum absolute atomic E-state index is 0.513. The Morgan fingerprint density at radius 3 is 2.74 bits per heavy atom. The lowest BCUT2D eigenvalue weighted by Gasteiger charge is -2.31. The summed E-state index contributed by atoms with van der Waals surface area (Å²) in [5.74, 6) is 3.68. The first-order valence-corrected chi connectivity index (χ1v) is 7.25. The van der Waals surface area contributed by atoms with Crippen molar-refractivity contribution in [2.75, 3.05) is 36.9 Å². The van der Waals surface area contributed by atoms with Gasteiger partial charge in [0.1, 0.15) is 17.5 Å². The fraction of sp³-hybridized carbons (Fsp3) is 0.714. The average Bonchev–Trinajstić information content (AvgIpc) is 2.27. The summed E-state index contributed by atoms with van der Waals surface area (Å²) in [5.41, 5.74) is 0. The Balaban J connectivity index is 1.68. The molecule has 0 atom stereocenters. The molecule has 2 aliphatic rings.